The molecule has 90 valence electrons. The topological polar surface area (TPSA) is 54.6 Å². The number of aromatic carboxylic acids is 1. The molecule has 0 fully saturated rings. The molecule has 4 nitrogen and oxygen atoms in total. The molecule has 1 aromatic carbocycles. The first-order valence-corrected chi connectivity index (χ1v) is 6.30. The van der Waals surface area contributed by atoms with Crippen molar-refractivity contribution in [1.82, 2.24) is 9.38 Å². The maximum atomic E-state index is 11.0. The predicted octanol–water partition coefficient (Wildman–Crippen LogP) is 3.07. The van der Waals surface area contributed by atoms with Crippen molar-refractivity contribution < 1.29 is 9.90 Å². The Morgan fingerprint density at radius 3 is 3.00 bits per heavy atom. The number of aryl methyl sites for hydroxylation is 1. The SMILES string of the molecule is Cc1cccc(-c2cn3c(C(=O)O)csc3n2)c1. The lowest BCUT2D eigenvalue weighted by Crippen LogP contribution is -1.99. The van der Waals surface area contributed by atoms with Crippen LogP contribution in [0.1, 0.15) is 16.1 Å². The first kappa shape index (κ1) is 11.0. The van der Waals surface area contributed by atoms with Gasteiger partial charge in [-0.25, -0.2) is 9.78 Å². The van der Waals surface area contributed by atoms with Crippen LogP contribution in [0.4, 0.5) is 0 Å². The van der Waals surface area contributed by atoms with Crippen molar-refractivity contribution in [3.8, 4) is 11.3 Å². The number of fused-ring (bicyclic) bond motifs is 1. The normalized spacial score (nSPS) is 10.9. The van der Waals surface area contributed by atoms with Crippen LogP contribution < -0.4 is 0 Å². The van der Waals surface area contributed by atoms with Crippen molar-refractivity contribution in [3.63, 3.8) is 0 Å². The number of aromatic nitrogens is 2. The average molecular weight is 258 g/mol. The molecule has 2 aromatic heterocycles. The first-order chi connectivity index (χ1) is 8.65. The maximum absolute atomic E-state index is 11.0. The molecule has 5 heteroatoms. The molecular formula is C13H10N2O2S. The third kappa shape index (κ3) is 1.69. The van der Waals surface area contributed by atoms with Crippen molar-refractivity contribution in [2.24, 2.45) is 0 Å². The highest BCUT2D eigenvalue weighted by Crippen LogP contribution is 2.24. The molecule has 0 aliphatic heterocycles. The molecule has 0 spiro atoms. The summed E-state index contributed by atoms with van der Waals surface area (Å²) in [5.74, 6) is -0.936. The highest BCUT2D eigenvalue weighted by atomic mass is 32.1. The Labute approximate surface area is 107 Å². The molecule has 0 atom stereocenters. The van der Waals surface area contributed by atoms with Crippen LogP contribution in [0.2, 0.25) is 0 Å². The minimum atomic E-state index is -0.936. The number of hydrogen-bond acceptors (Lipinski definition) is 3. The minimum Gasteiger partial charge on any atom is -0.477 e. The smallest absolute Gasteiger partial charge is 0.353 e. The van der Waals surface area contributed by atoms with Gasteiger partial charge in [0.2, 0.25) is 0 Å². The van der Waals surface area contributed by atoms with Gasteiger partial charge in [0.15, 0.2) is 4.96 Å². The van der Waals surface area contributed by atoms with E-state index in [1.54, 1.807) is 16.0 Å². The standard InChI is InChI=1S/C13H10N2O2S/c1-8-3-2-4-9(5-8)10-6-15-11(12(16)17)7-18-13(15)14-10/h2-7H,1H3,(H,16,17). The monoisotopic (exact) mass is 258 g/mol. The maximum Gasteiger partial charge on any atom is 0.353 e. The van der Waals surface area contributed by atoms with E-state index >= 15 is 0 Å². The summed E-state index contributed by atoms with van der Waals surface area (Å²) in [4.78, 5) is 16.2. The Balaban J connectivity index is 2.17. The third-order valence-corrected chi connectivity index (χ3v) is 3.58. The Kier molecular flexibility index (Phi) is 2.41. The van der Waals surface area contributed by atoms with Gasteiger partial charge in [-0.15, -0.1) is 11.3 Å². The van der Waals surface area contributed by atoms with Crippen LogP contribution in [0, 0.1) is 6.92 Å². The van der Waals surface area contributed by atoms with Crippen LogP contribution in [0.15, 0.2) is 35.8 Å². The zero-order chi connectivity index (χ0) is 12.7. The predicted molar refractivity (Wildman–Crippen MR) is 70.2 cm³/mol. The van der Waals surface area contributed by atoms with Crippen LogP contribution in [-0.4, -0.2) is 20.5 Å². The van der Waals surface area contributed by atoms with Gasteiger partial charge in [-0.3, -0.25) is 4.40 Å². The zero-order valence-electron chi connectivity index (χ0n) is 9.62. The van der Waals surface area contributed by atoms with E-state index in [1.165, 1.54) is 11.3 Å². The molecule has 0 amide bonds. The zero-order valence-corrected chi connectivity index (χ0v) is 10.4. The largest absolute Gasteiger partial charge is 0.477 e. The number of imidazole rings is 1. The molecule has 3 aromatic rings. The second-order valence-electron chi connectivity index (χ2n) is 4.07. The first-order valence-electron chi connectivity index (χ1n) is 5.42. The van der Waals surface area contributed by atoms with Gasteiger partial charge in [0.1, 0.15) is 5.69 Å². The van der Waals surface area contributed by atoms with Crippen LogP contribution in [0.5, 0.6) is 0 Å². The Morgan fingerprint density at radius 2 is 2.28 bits per heavy atom. The van der Waals surface area contributed by atoms with E-state index in [9.17, 15) is 4.79 Å². The molecule has 0 radical (unpaired) electrons. The molecule has 18 heavy (non-hydrogen) atoms. The van der Waals surface area contributed by atoms with Crippen LogP contribution >= 0.6 is 11.3 Å². The molecule has 0 bridgehead atoms. The van der Waals surface area contributed by atoms with Crippen molar-refractivity contribution in [1.29, 1.82) is 0 Å². The number of nitrogens with zero attached hydrogens (tertiary/aromatic N) is 2. The van der Waals surface area contributed by atoms with Crippen LogP contribution in [0.3, 0.4) is 0 Å². The second-order valence-corrected chi connectivity index (χ2v) is 4.91. The van der Waals surface area contributed by atoms with Crippen LogP contribution in [0.25, 0.3) is 16.2 Å². The second kappa shape index (κ2) is 3.96. The summed E-state index contributed by atoms with van der Waals surface area (Å²) in [5, 5.41) is 10.7. The third-order valence-electron chi connectivity index (χ3n) is 2.74. The summed E-state index contributed by atoms with van der Waals surface area (Å²) in [5.41, 5.74) is 3.21. The summed E-state index contributed by atoms with van der Waals surface area (Å²) in [6.45, 7) is 2.02. The number of thiazole rings is 1. The summed E-state index contributed by atoms with van der Waals surface area (Å²) in [7, 11) is 0. The molecule has 0 aliphatic rings. The van der Waals surface area contributed by atoms with Gasteiger partial charge in [-0.05, 0) is 13.0 Å². The number of carboxylic acid groups (broad SMARTS) is 1. The highest BCUT2D eigenvalue weighted by Gasteiger charge is 2.13. The Bertz CT molecular complexity index is 742. The molecule has 2 heterocycles. The Morgan fingerprint density at radius 1 is 1.44 bits per heavy atom. The quantitative estimate of drug-likeness (QED) is 0.768. The summed E-state index contributed by atoms with van der Waals surface area (Å²) in [6.07, 6.45) is 1.77. The van der Waals surface area contributed by atoms with E-state index in [4.69, 9.17) is 5.11 Å². The molecule has 0 unspecified atom stereocenters. The van der Waals surface area contributed by atoms with Gasteiger partial charge in [-0.1, -0.05) is 23.8 Å². The van der Waals surface area contributed by atoms with Crippen molar-refractivity contribution in [3.05, 3.63) is 47.1 Å². The minimum absolute atomic E-state index is 0.251. The number of carbonyl (C=O) groups is 1. The lowest BCUT2D eigenvalue weighted by atomic mass is 10.1. The van der Waals surface area contributed by atoms with E-state index in [1.807, 2.05) is 31.2 Å². The molecular weight excluding hydrogens is 248 g/mol. The fraction of sp³-hybridized carbons (Fsp3) is 0.0769. The van der Waals surface area contributed by atoms with Crippen molar-refractivity contribution in [2.45, 2.75) is 6.92 Å². The molecule has 0 saturated carbocycles. The fourth-order valence-electron chi connectivity index (χ4n) is 1.88. The summed E-state index contributed by atoms with van der Waals surface area (Å²) < 4.78 is 1.62. The summed E-state index contributed by atoms with van der Waals surface area (Å²) in [6, 6.07) is 7.99. The molecule has 3 rings (SSSR count). The van der Waals surface area contributed by atoms with Gasteiger partial charge < -0.3 is 5.11 Å². The summed E-state index contributed by atoms with van der Waals surface area (Å²) >= 11 is 1.33. The van der Waals surface area contributed by atoms with Gasteiger partial charge >= 0.3 is 5.97 Å². The van der Waals surface area contributed by atoms with E-state index < -0.39 is 5.97 Å². The number of hydrogen-bond donors (Lipinski definition) is 1. The van der Waals surface area contributed by atoms with Crippen molar-refractivity contribution in [2.75, 3.05) is 0 Å². The Hall–Kier alpha value is -2.14. The van der Waals surface area contributed by atoms with E-state index in [0.717, 1.165) is 16.8 Å². The number of carboxylic acids is 1. The van der Waals surface area contributed by atoms with Gasteiger partial charge in [0.25, 0.3) is 0 Å². The molecule has 0 aliphatic carbocycles. The van der Waals surface area contributed by atoms with Gasteiger partial charge in [0, 0.05) is 17.1 Å². The number of benzene rings is 1. The molecule has 0 saturated heterocycles. The van der Waals surface area contributed by atoms with E-state index in [2.05, 4.69) is 4.98 Å². The average Bonchev–Trinajstić information content (AvgIpc) is 2.87. The van der Waals surface area contributed by atoms with E-state index in [0.29, 0.717) is 4.96 Å². The highest BCUT2D eigenvalue weighted by molar-refractivity contribution is 7.15. The van der Waals surface area contributed by atoms with E-state index in [-0.39, 0.29) is 5.69 Å². The molecule has 1 N–H and O–H groups in total. The lowest BCUT2D eigenvalue weighted by molar-refractivity contribution is 0.0689. The van der Waals surface area contributed by atoms with Crippen molar-refractivity contribution >= 4 is 22.3 Å². The van der Waals surface area contributed by atoms with Gasteiger partial charge in [-0.2, -0.15) is 0 Å². The lowest BCUT2D eigenvalue weighted by Gasteiger charge is -1.97. The van der Waals surface area contributed by atoms with Crippen LogP contribution in [-0.2, 0) is 0 Å². The van der Waals surface area contributed by atoms with Gasteiger partial charge in [0.05, 0.1) is 5.69 Å². The number of rotatable bonds is 2. The fourth-order valence-corrected chi connectivity index (χ4v) is 2.73.